The second-order valence-corrected chi connectivity index (χ2v) is 9.29. The van der Waals surface area contributed by atoms with Gasteiger partial charge in [-0.15, -0.1) is 0 Å². The van der Waals surface area contributed by atoms with Gasteiger partial charge in [-0.05, 0) is 57.5 Å². The number of fused-ring (bicyclic) bond motifs is 1. The normalized spacial score (nSPS) is 12.9. The average Bonchev–Trinajstić information content (AvgIpc) is 3.28. The van der Waals surface area contributed by atoms with Gasteiger partial charge in [-0.25, -0.2) is 9.97 Å². The van der Waals surface area contributed by atoms with Crippen LogP contribution in [0.2, 0.25) is 0 Å². The zero-order valence-corrected chi connectivity index (χ0v) is 20.9. The highest BCUT2D eigenvalue weighted by atomic mass is 19.4. The van der Waals surface area contributed by atoms with E-state index in [9.17, 15) is 13.2 Å². The summed E-state index contributed by atoms with van der Waals surface area (Å²) in [6, 6.07) is 15.1. The number of oxazole rings is 1. The molecule has 7 nitrogen and oxygen atoms in total. The third-order valence-electron chi connectivity index (χ3n) is 5.71. The first-order valence-electron chi connectivity index (χ1n) is 11.7. The Morgan fingerprint density at radius 1 is 1.03 bits per heavy atom. The third-order valence-corrected chi connectivity index (χ3v) is 5.71. The van der Waals surface area contributed by atoms with E-state index in [-0.39, 0.29) is 41.3 Å². The maximum Gasteiger partial charge on any atom is 0.433 e. The van der Waals surface area contributed by atoms with Gasteiger partial charge in [-0.1, -0.05) is 30.3 Å². The van der Waals surface area contributed by atoms with Gasteiger partial charge in [0.2, 0.25) is 5.89 Å². The summed E-state index contributed by atoms with van der Waals surface area (Å²) in [6.45, 7) is 7.39. The number of hydrogen-bond acceptors (Lipinski definition) is 6. The van der Waals surface area contributed by atoms with Crippen molar-refractivity contribution in [1.29, 1.82) is 0 Å². The van der Waals surface area contributed by atoms with Gasteiger partial charge in [-0.3, -0.25) is 4.99 Å². The van der Waals surface area contributed by atoms with Crippen LogP contribution in [-0.4, -0.2) is 21.9 Å². The quantitative estimate of drug-likeness (QED) is 0.240. The van der Waals surface area contributed by atoms with Crippen LogP contribution >= 0.6 is 0 Å². The van der Waals surface area contributed by atoms with Crippen LogP contribution < -0.4 is 16.2 Å². The fourth-order valence-corrected chi connectivity index (χ4v) is 3.96. The molecule has 2 heterocycles. The van der Waals surface area contributed by atoms with Gasteiger partial charge in [-0.2, -0.15) is 13.2 Å². The molecule has 4 rings (SSSR count). The van der Waals surface area contributed by atoms with Gasteiger partial charge in [0.05, 0.1) is 18.2 Å². The molecule has 0 fully saturated rings. The summed E-state index contributed by atoms with van der Waals surface area (Å²) in [5.41, 5.74) is 12.3. The molecule has 0 spiro atoms. The van der Waals surface area contributed by atoms with Crippen molar-refractivity contribution in [3.8, 4) is 17.2 Å². The van der Waals surface area contributed by atoms with E-state index in [2.05, 4.69) is 15.0 Å². The van der Waals surface area contributed by atoms with E-state index in [1.54, 1.807) is 26.0 Å². The summed E-state index contributed by atoms with van der Waals surface area (Å²) in [4.78, 5) is 13.1. The monoisotopic (exact) mass is 511 g/mol. The molecule has 2 aromatic carbocycles. The van der Waals surface area contributed by atoms with Crippen molar-refractivity contribution in [2.45, 2.75) is 52.1 Å². The highest BCUT2D eigenvalue weighted by molar-refractivity contribution is 5.99. The van der Waals surface area contributed by atoms with E-state index in [0.717, 1.165) is 11.6 Å². The van der Waals surface area contributed by atoms with Crippen LogP contribution in [0.4, 0.5) is 13.2 Å². The minimum Gasteiger partial charge on any atom is -0.489 e. The minimum atomic E-state index is -4.61. The van der Waals surface area contributed by atoms with Crippen LogP contribution in [0.1, 0.15) is 50.4 Å². The maximum absolute atomic E-state index is 13.4. The van der Waals surface area contributed by atoms with Crippen LogP contribution in [0.15, 0.2) is 64.0 Å². The van der Waals surface area contributed by atoms with Crippen LogP contribution in [0.3, 0.4) is 0 Å². The molecule has 0 saturated heterocycles. The Labute approximate surface area is 212 Å². The molecule has 0 amide bonds. The summed E-state index contributed by atoms with van der Waals surface area (Å²) in [5, 5.41) is 0.377. The fraction of sp³-hybridized carbons (Fsp3) is 0.296. The summed E-state index contributed by atoms with van der Waals surface area (Å²) < 4.78 is 51.9. The van der Waals surface area contributed by atoms with Crippen molar-refractivity contribution in [1.82, 2.24) is 9.97 Å². The third kappa shape index (κ3) is 5.43. The smallest absolute Gasteiger partial charge is 0.433 e. The molecule has 0 atom stereocenters. The molecule has 0 aliphatic carbocycles. The van der Waals surface area contributed by atoms with Crippen LogP contribution in [0.5, 0.6) is 5.75 Å². The highest BCUT2D eigenvalue weighted by Gasteiger charge is 2.33. The second kappa shape index (κ2) is 9.85. The van der Waals surface area contributed by atoms with E-state index < -0.39 is 17.4 Å². The molecule has 0 saturated carbocycles. The number of amidine groups is 1. The fourth-order valence-electron chi connectivity index (χ4n) is 3.96. The summed E-state index contributed by atoms with van der Waals surface area (Å²) >= 11 is 0. The lowest BCUT2D eigenvalue weighted by Crippen LogP contribution is -2.24. The molecule has 0 aliphatic rings. The molecule has 0 aliphatic heterocycles. The molecule has 194 valence electrons. The molecule has 37 heavy (non-hydrogen) atoms. The average molecular weight is 512 g/mol. The van der Waals surface area contributed by atoms with Crippen molar-refractivity contribution < 1.29 is 22.3 Å². The zero-order chi connectivity index (χ0) is 27.0. The lowest BCUT2D eigenvalue weighted by atomic mass is 9.95. The van der Waals surface area contributed by atoms with Crippen molar-refractivity contribution >= 4 is 16.7 Å². The van der Waals surface area contributed by atoms with Gasteiger partial charge < -0.3 is 20.6 Å². The van der Waals surface area contributed by atoms with Crippen LogP contribution in [-0.2, 0) is 18.3 Å². The molecule has 0 unspecified atom stereocenters. The van der Waals surface area contributed by atoms with E-state index in [0.29, 0.717) is 16.7 Å². The largest absolute Gasteiger partial charge is 0.489 e. The van der Waals surface area contributed by atoms with Gasteiger partial charge >= 0.3 is 6.18 Å². The van der Waals surface area contributed by atoms with E-state index in [4.69, 9.17) is 20.6 Å². The lowest BCUT2D eigenvalue weighted by Gasteiger charge is -2.21. The molecule has 10 heteroatoms. The molecular weight excluding hydrogens is 483 g/mol. The number of hydrogen-bond donors (Lipinski definition) is 2. The van der Waals surface area contributed by atoms with Crippen LogP contribution in [0, 0.1) is 0 Å². The number of nitrogens with zero attached hydrogens (tertiary/aromatic N) is 3. The van der Waals surface area contributed by atoms with Gasteiger partial charge in [0.1, 0.15) is 34.2 Å². The molecule has 0 bridgehead atoms. The molecule has 2 aromatic heterocycles. The standard InChI is InChI=1S/C27H28F3N5O2/c1-15(2)36-19-12-10-18(17-11-13-21(27(28,29)30)33-22(17)19)25-34-23(20(14-31)37-25)24(32)35-26(3,4)16-8-6-5-7-9-16/h5-13,15H,14,31H2,1-4H3,(H2,32,35). The first-order chi connectivity index (χ1) is 17.4. The van der Waals surface area contributed by atoms with Crippen molar-refractivity contribution in [2.75, 3.05) is 0 Å². The highest BCUT2D eigenvalue weighted by Crippen LogP contribution is 2.37. The second-order valence-electron chi connectivity index (χ2n) is 9.29. The summed E-state index contributed by atoms with van der Waals surface area (Å²) in [5.74, 6) is 0.784. The number of benzene rings is 2. The van der Waals surface area contributed by atoms with E-state index >= 15 is 0 Å². The Bertz CT molecular complexity index is 1440. The van der Waals surface area contributed by atoms with E-state index in [1.807, 2.05) is 44.2 Å². The number of rotatable bonds is 7. The number of halogens is 3. The predicted molar refractivity (Wildman–Crippen MR) is 136 cm³/mol. The number of nitrogens with two attached hydrogens (primary N) is 2. The minimum absolute atomic E-state index is 0.00668. The Morgan fingerprint density at radius 3 is 2.35 bits per heavy atom. The number of aliphatic imine (C=N–C) groups is 1. The first kappa shape index (κ1) is 26.2. The topological polar surface area (TPSA) is 113 Å². The summed E-state index contributed by atoms with van der Waals surface area (Å²) in [7, 11) is 0. The number of aromatic nitrogens is 2. The van der Waals surface area contributed by atoms with Crippen LogP contribution in [0.25, 0.3) is 22.4 Å². The Morgan fingerprint density at radius 2 is 1.73 bits per heavy atom. The van der Waals surface area contributed by atoms with Gasteiger partial charge in [0.25, 0.3) is 0 Å². The molecular formula is C27H28F3N5O2. The Kier molecular flexibility index (Phi) is 6.96. The van der Waals surface area contributed by atoms with Crippen molar-refractivity contribution in [3.63, 3.8) is 0 Å². The first-order valence-corrected chi connectivity index (χ1v) is 11.7. The van der Waals surface area contributed by atoms with Crippen molar-refractivity contribution in [3.05, 3.63) is 77.3 Å². The zero-order valence-electron chi connectivity index (χ0n) is 20.9. The predicted octanol–water partition coefficient (Wildman–Crippen LogP) is 5.80. The van der Waals surface area contributed by atoms with E-state index in [1.165, 1.54) is 6.07 Å². The van der Waals surface area contributed by atoms with Gasteiger partial charge in [0, 0.05) is 10.9 Å². The van der Waals surface area contributed by atoms with Crippen molar-refractivity contribution in [2.24, 2.45) is 16.5 Å². The molecule has 4 N–H and O–H groups in total. The van der Waals surface area contributed by atoms with Gasteiger partial charge in [0.15, 0.2) is 0 Å². The number of pyridine rings is 1. The SMILES string of the molecule is CC(C)Oc1ccc(-c2nc(C(N)=NC(C)(C)c3ccccc3)c(CN)o2)c2ccc(C(F)(F)F)nc12. The number of ether oxygens (including phenoxy) is 1. The molecule has 0 radical (unpaired) electrons. The summed E-state index contributed by atoms with van der Waals surface area (Å²) in [6.07, 6.45) is -4.88. The lowest BCUT2D eigenvalue weighted by molar-refractivity contribution is -0.140. The molecule has 4 aromatic rings. The maximum atomic E-state index is 13.4. The Balaban J connectivity index is 1.84. The Hall–Kier alpha value is -3.92. The number of alkyl halides is 3.